The molecule has 3 aromatic carbocycles. The Morgan fingerprint density at radius 3 is 2.30 bits per heavy atom. The smallest absolute Gasteiger partial charge is 0.261 e. The second kappa shape index (κ2) is 16.3. The van der Waals surface area contributed by atoms with Crippen LogP contribution in [-0.4, -0.2) is 54.4 Å². The molecular weight excluding hydrogens is 768 g/mol. The fourth-order valence-corrected chi connectivity index (χ4v) is 14.7. The Morgan fingerprint density at radius 2 is 1.67 bits per heavy atom. The summed E-state index contributed by atoms with van der Waals surface area (Å²) in [6.07, 6.45) is 5.21. The van der Waals surface area contributed by atoms with Gasteiger partial charge in [-0.05, 0) is 105 Å². The molecule has 2 aromatic heterocycles. The van der Waals surface area contributed by atoms with Crippen LogP contribution in [0.2, 0.25) is 10.1 Å². The molecular formula is C47H47ClN2O5SSi. The number of carbonyl (C=O) groups is 2. The van der Waals surface area contributed by atoms with Gasteiger partial charge in [-0.3, -0.25) is 19.5 Å². The van der Waals surface area contributed by atoms with Crippen molar-refractivity contribution in [3.05, 3.63) is 153 Å². The molecule has 0 unspecified atom stereocenters. The highest BCUT2D eigenvalue weighted by atomic mass is 35.5. The Bertz CT molecular complexity index is 2250. The van der Waals surface area contributed by atoms with Gasteiger partial charge in [0.15, 0.2) is 0 Å². The van der Waals surface area contributed by atoms with Crippen molar-refractivity contribution >= 4 is 65.1 Å². The molecule has 3 aliphatic rings. The third-order valence-electron chi connectivity index (χ3n) is 11.9. The maximum absolute atomic E-state index is 14.3. The number of pyridine rings is 1. The fraction of sp³-hybridized carbons (Fsp3) is 0.298. The first kappa shape index (κ1) is 39.2. The molecule has 4 atom stereocenters. The summed E-state index contributed by atoms with van der Waals surface area (Å²) < 4.78 is 14.3. The van der Waals surface area contributed by atoms with Crippen molar-refractivity contribution in [1.82, 2.24) is 9.88 Å². The van der Waals surface area contributed by atoms with E-state index in [2.05, 4.69) is 74.3 Å². The number of phenols is 1. The van der Waals surface area contributed by atoms with Gasteiger partial charge in [0.25, 0.3) is 8.32 Å². The zero-order valence-electron chi connectivity index (χ0n) is 32.4. The van der Waals surface area contributed by atoms with Gasteiger partial charge in [0, 0.05) is 17.0 Å². The number of aromatic nitrogens is 1. The zero-order valence-corrected chi connectivity index (χ0v) is 35.0. The molecule has 2 saturated heterocycles. The van der Waals surface area contributed by atoms with E-state index in [1.807, 2.05) is 53.9 Å². The number of imide groups is 1. The van der Waals surface area contributed by atoms with Crippen molar-refractivity contribution in [1.29, 1.82) is 0 Å². The van der Waals surface area contributed by atoms with E-state index in [0.717, 1.165) is 32.9 Å². The summed E-state index contributed by atoms with van der Waals surface area (Å²) in [6, 6.07) is 35.9. The Kier molecular flexibility index (Phi) is 11.2. The standard InChI is InChI=1S/C47H47ClN2O5SSi/c1-47(2,3)57(36-14-6-4-7-15-36,37-16-8-5-9-17-37)55-29-33-26-38-44(46(53)50(45(38)52)28-35-13-12-24-56-35)39-30-54-42(43(33)39)22-20-32(41-18-10-11-23-49-41)25-31-19-21-34(51)27-40(31)48/h4-19,21,23-25,27,38-39,42,44,51H,20,22,26,28-30H2,1-3H3/b32-25-/t38-,39+,42-,44-/m1/s1. The lowest BCUT2D eigenvalue weighted by molar-refractivity contribution is -0.140. The van der Waals surface area contributed by atoms with E-state index in [4.69, 9.17) is 20.8 Å². The third-order valence-corrected chi connectivity index (χ3v) is 18.0. The number of amides is 2. The van der Waals surface area contributed by atoms with Crippen LogP contribution < -0.4 is 10.4 Å². The maximum atomic E-state index is 14.3. The lowest BCUT2D eigenvalue weighted by Gasteiger charge is -2.44. The van der Waals surface area contributed by atoms with Gasteiger partial charge in [0.1, 0.15) is 5.75 Å². The average Bonchev–Trinajstić information content (AvgIpc) is 3.95. The number of allylic oxidation sites excluding steroid dienone is 1. The summed E-state index contributed by atoms with van der Waals surface area (Å²) >= 11 is 8.15. The Labute approximate surface area is 344 Å². The van der Waals surface area contributed by atoms with Crippen LogP contribution in [-0.2, 0) is 25.3 Å². The molecule has 5 aromatic rings. The molecule has 0 spiro atoms. The highest BCUT2D eigenvalue weighted by molar-refractivity contribution is 7.09. The molecule has 2 aliphatic heterocycles. The topological polar surface area (TPSA) is 89.0 Å². The van der Waals surface area contributed by atoms with Gasteiger partial charge >= 0.3 is 0 Å². The van der Waals surface area contributed by atoms with E-state index >= 15 is 0 Å². The first-order chi connectivity index (χ1) is 27.5. The Morgan fingerprint density at radius 1 is 0.947 bits per heavy atom. The third kappa shape index (κ3) is 7.59. The van der Waals surface area contributed by atoms with Gasteiger partial charge in [-0.1, -0.05) is 105 Å². The van der Waals surface area contributed by atoms with Crippen LogP contribution in [0.5, 0.6) is 5.75 Å². The molecule has 1 N–H and O–H groups in total. The summed E-state index contributed by atoms with van der Waals surface area (Å²) in [5.41, 5.74) is 4.76. The SMILES string of the molecule is CC(C)(C)[Si](OCC1=C2[C@@H](CC/C(=C/c3ccc(O)cc3Cl)c3ccccn3)OC[C@@H]2[C@@H]2C(=O)N(Cc3cccs3)C(=O)[C@@H]2C1)(c1ccccc1)c1ccccc1. The number of ether oxygens (including phenoxy) is 1. The molecule has 1 aliphatic carbocycles. The first-order valence-electron chi connectivity index (χ1n) is 19.6. The van der Waals surface area contributed by atoms with Crippen LogP contribution in [0.25, 0.3) is 11.6 Å². The fourth-order valence-electron chi connectivity index (χ4n) is 9.28. The quantitative estimate of drug-likeness (QED) is 0.0770. The number of rotatable bonds is 12. The number of halogens is 1. The molecule has 8 rings (SSSR count). The molecule has 4 heterocycles. The van der Waals surface area contributed by atoms with Crippen LogP contribution in [0.4, 0.5) is 0 Å². The number of benzene rings is 3. The predicted octanol–water partition coefficient (Wildman–Crippen LogP) is 8.92. The number of aromatic hydroxyl groups is 1. The van der Waals surface area contributed by atoms with Crippen LogP contribution in [0.3, 0.4) is 0 Å². The molecule has 2 fully saturated rings. The summed E-state index contributed by atoms with van der Waals surface area (Å²) in [4.78, 5) is 35.7. The summed E-state index contributed by atoms with van der Waals surface area (Å²) in [7, 11) is -2.94. The molecule has 0 saturated carbocycles. The molecule has 2 amide bonds. The number of likely N-dealkylation sites (tertiary alicyclic amines) is 1. The Hall–Kier alpha value is -4.64. The number of thiophene rings is 1. The van der Waals surface area contributed by atoms with Crippen LogP contribution in [0.15, 0.2) is 132 Å². The number of hydrogen-bond acceptors (Lipinski definition) is 7. The normalized spacial score (nSPS) is 21.3. The molecule has 292 valence electrons. The largest absolute Gasteiger partial charge is 0.508 e. The lowest BCUT2D eigenvalue weighted by Crippen LogP contribution is -2.66. The maximum Gasteiger partial charge on any atom is 0.261 e. The number of carbonyl (C=O) groups excluding carboxylic acids is 2. The first-order valence-corrected chi connectivity index (χ1v) is 22.8. The van der Waals surface area contributed by atoms with E-state index in [1.54, 1.807) is 29.7 Å². The van der Waals surface area contributed by atoms with Crippen molar-refractivity contribution < 1.29 is 23.9 Å². The molecule has 7 nitrogen and oxygen atoms in total. The highest BCUT2D eigenvalue weighted by Crippen LogP contribution is 2.51. The number of phenolic OH excluding ortho intramolecular Hbond substituents is 1. The number of hydrogen-bond donors (Lipinski definition) is 1. The van der Waals surface area contributed by atoms with Crippen molar-refractivity contribution in [2.24, 2.45) is 17.8 Å². The second-order valence-electron chi connectivity index (χ2n) is 16.2. The van der Waals surface area contributed by atoms with Gasteiger partial charge in [-0.25, -0.2) is 0 Å². The van der Waals surface area contributed by atoms with Gasteiger partial charge in [-0.2, -0.15) is 0 Å². The molecule has 57 heavy (non-hydrogen) atoms. The molecule has 10 heteroatoms. The number of fused-ring (bicyclic) bond motifs is 3. The minimum absolute atomic E-state index is 0.102. The summed E-state index contributed by atoms with van der Waals surface area (Å²) in [5.74, 6) is -1.28. The van der Waals surface area contributed by atoms with E-state index in [0.29, 0.717) is 44.0 Å². The van der Waals surface area contributed by atoms with Crippen LogP contribution >= 0.6 is 22.9 Å². The number of nitrogens with zero attached hydrogens (tertiary/aromatic N) is 2. The van der Waals surface area contributed by atoms with Crippen LogP contribution in [0, 0.1) is 17.8 Å². The molecule has 0 radical (unpaired) electrons. The second-order valence-corrected chi connectivity index (χ2v) is 22.0. The average molecular weight is 816 g/mol. The van der Waals surface area contributed by atoms with Crippen molar-refractivity contribution in [2.45, 2.75) is 57.7 Å². The predicted molar refractivity (Wildman–Crippen MR) is 230 cm³/mol. The lowest BCUT2D eigenvalue weighted by atomic mass is 9.69. The summed E-state index contributed by atoms with van der Waals surface area (Å²) in [5, 5.41) is 14.6. The van der Waals surface area contributed by atoms with E-state index < -0.39 is 20.2 Å². The minimum atomic E-state index is -2.94. The van der Waals surface area contributed by atoms with Gasteiger partial charge < -0.3 is 14.3 Å². The summed E-state index contributed by atoms with van der Waals surface area (Å²) in [6.45, 7) is 7.80. The van der Waals surface area contributed by atoms with E-state index in [1.165, 1.54) is 21.3 Å². The van der Waals surface area contributed by atoms with Crippen molar-refractivity contribution in [3.63, 3.8) is 0 Å². The highest BCUT2D eigenvalue weighted by Gasteiger charge is 2.58. The molecule has 0 bridgehead atoms. The van der Waals surface area contributed by atoms with Gasteiger partial charge in [0.05, 0.1) is 48.4 Å². The van der Waals surface area contributed by atoms with E-state index in [-0.39, 0.29) is 34.6 Å². The van der Waals surface area contributed by atoms with Crippen molar-refractivity contribution in [3.8, 4) is 5.75 Å². The van der Waals surface area contributed by atoms with Crippen molar-refractivity contribution in [2.75, 3.05) is 13.2 Å². The van der Waals surface area contributed by atoms with Gasteiger partial charge in [-0.15, -0.1) is 11.3 Å². The minimum Gasteiger partial charge on any atom is -0.508 e. The van der Waals surface area contributed by atoms with E-state index in [9.17, 15) is 14.7 Å². The van der Waals surface area contributed by atoms with Crippen LogP contribution in [0.1, 0.15) is 56.2 Å². The van der Waals surface area contributed by atoms with Gasteiger partial charge in [0.2, 0.25) is 11.8 Å². The monoisotopic (exact) mass is 814 g/mol. The Balaban J connectivity index is 1.18. The zero-order chi connectivity index (χ0) is 39.7.